The summed E-state index contributed by atoms with van der Waals surface area (Å²) >= 11 is 6.69. The van der Waals surface area contributed by atoms with Crippen molar-refractivity contribution in [1.82, 2.24) is 10.2 Å². The number of hydrogen-bond acceptors (Lipinski definition) is 3. The van der Waals surface area contributed by atoms with Crippen molar-refractivity contribution in [2.24, 2.45) is 0 Å². The average Bonchev–Trinajstić information content (AvgIpc) is 2.33. The van der Waals surface area contributed by atoms with Crippen LogP contribution in [0.1, 0.15) is 0 Å². The molecule has 0 spiro atoms. The van der Waals surface area contributed by atoms with E-state index in [1.807, 2.05) is 18.5 Å². The highest BCUT2D eigenvalue weighted by molar-refractivity contribution is 8.02. The van der Waals surface area contributed by atoms with Gasteiger partial charge in [-0.3, -0.25) is 0 Å². The van der Waals surface area contributed by atoms with Crippen LogP contribution in [0.25, 0.3) is 0 Å². The Kier molecular flexibility index (Phi) is 1.43. The van der Waals surface area contributed by atoms with Crippen LogP contribution in [0, 0.1) is 0 Å². The van der Waals surface area contributed by atoms with Crippen LogP contribution in [0.5, 0.6) is 0 Å². The second-order valence-corrected chi connectivity index (χ2v) is 3.48. The normalized spacial score (nSPS) is 28.6. The lowest BCUT2D eigenvalue weighted by Gasteiger charge is -2.26. The highest BCUT2D eigenvalue weighted by atomic mass is 32.2. The van der Waals surface area contributed by atoms with E-state index < -0.39 is 0 Å². The van der Waals surface area contributed by atoms with Crippen molar-refractivity contribution in [2.75, 3.05) is 0 Å². The van der Waals surface area contributed by atoms with Crippen molar-refractivity contribution in [1.29, 1.82) is 0 Å². The molecule has 0 fully saturated rings. The van der Waals surface area contributed by atoms with Gasteiger partial charge in [0.25, 0.3) is 0 Å². The quantitative estimate of drug-likeness (QED) is 0.550. The minimum atomic E-state index is 0.303. The van der Waals surface area contributed by atoms with Gasteiger partial charge in [-0.05, 0) is 11.5 Å². The number of rotatable bonds is 0. The van der Waals surface area contributed by atoms with Crippen LogP contribution in [-0.2, 0) is 0 Å². The largest absolute Gasteiger partial charge is 0.347 e. The van der Waals surface area contributed by atoms with E-state index in [-0.39, 0.29) is 0 Å². The summed E-state index contributed by atoms with van der Waals surface area (Å²) in [7, 11) is 0. The fraction of sp³-hybridized carbons (Fsp3) is 0.167. The number of thiocarbonyl (C=S) groups is 1. The van der Waals surface area contributed by atoms with E-state index in [1.54, 1.807) is 11.8 Å². The molecule has 4 heteroatoms. The first-order valence-electron chi connectivity index (χ1n) is 2.94. The van der Waals surface area contributed by atoms with Crippen molar-refractivity contribution in [3.05, 3.63) is 23.9 Å². The van der Waals surface area contributed by atoms with Crippen molar-refractivity contribution >= 4 is 29.0 Å². The van der Waals surface area contributed by atoms with E-state index in [9.17, 15) is 0 Å². The molecule has 1 N–H and O–H groups in total. The predicted octanol–water partition coefficient (Wildman–Crippen LogP) is 1.23. The summed E-state index contributed by atoms with van der Waals surface area (Å²) in [5.41, 5.74) is 0.303. The van der Waals surface area contributed by atoms with Gasteiger partial charge in [0, 0.05) is 12.4 Å². The zero-order valence-corrected chi connectivity index (χ0v) is 6.78. The van der Waals surface area contributed by atoms with Gasteiger partial charge in [0.1, 0.15) is 4.99 Å². The van der Waals surface area contributed by atoms with E-state index in [1.165, 1.54) is 0 Å². The molecule has 0 aliphatic carbocycles. The average molecular weight is 170 g/mol. The summed E-state index contributed by atoms with van der Waals surface area (Å²) in [6, 6.07) is 0. The van der Waals surface area contributed by atoms with Gasteiger partial charge in [-0.15, -0.1) is 0 Å². The van der Waals surface area contributed by atoms with Crippen LogP contribution >= 0.6 is 24.0 Å². The standard InChI is InChI=1S/C6H6N2S2/c9-5-1-2-8-3-4-10-6(8)7-5/h1-4,6H,(H,7,9). The molecule has 2 aliphatic rings. The van der Waals surface area contributed by atoms with Crippen LogP contribution < -0.4 is 5.32 Å². The van der Waals surface area contributed by atoms with Crippen molar-refractivity contribution in [3.8, 4) is 0 Å². The van der Waals surface area contributed by atoms with E-state index in [4.69, 9.17) is 12.2 Å². The molecule has 0 bridgehead atoms. The highest BCUT2D eigenvalue weighted by Crippen LogP contribution is 2.24. The second-order valence-electron chi connectivity index (χ2n) is 2.05. The molecule has 0 aromatic carbocycles. The third kappa shape index (κ3) is 0.932. The van der Waals surface area contributed by atoms with Gasteiger partial charge in [-0.25, -0.2) is 0 Å². The summed E-state index contributed by atoms with van der Waals surface area (Å²) in [6.45, 7) is 0. The lowest BCUT2D eigenvalue weighted by atomic mass is 10.5. The second kappa shape index (κ2) is 2.29. The molecule has 0 aromatic heterocycles. The van der Waals surface area contributed by atoms with Crippen molar-refractivity contribution in [2.45, 2.75) is 5.50 Å². The Morgan fingerprint density at radius 3 is 3.40 bits per heavy atom. The van der Waals surface area contributed by atoms with E-state index in [0.29, 0.717) is 5.50 Å². The van der Waals surface area contributed by atoms with Crippen LogP contribution in [0.2, 0.25) is 0 Å². The summed E-state index contributed by atoms with van der Waals surface area (Å²) in [4.78, 5) is 2.90. The number of hydrogen-bond donors (Lipinski definition) is 1. The predicted molar refractivity (Wildman–Crippen MR) is 47.2 cm³/mol. The minimum Gasteiger partial charge on any atom is -0.347 e. The maximum atomic E-state index is 4.96. The molecule has 0 amide bonds. The maximum Gasteiger partial charge on any atom is 0.156 e. The third-order valence-electron chi connectivity index (χ3n) is 1.38. The summed E-state index contributed by atoms with van der Waals surface area (Å²) in [6.07, 6.45) is 5.91. The van der Waals surface area contributed by atoms with E-state index >= 15 is 0 Å². The van der Waals surface area contributed by atoms with Gasteiger partial charge in [0.2, 0.25) is 0 Å². The Labute approximate surface area is 69.0 Å². The lowest BCUT2D eigenvalue weighted by molar-refractivity contribution is 0.456. The van der Waals surface area contributed by atoms with Gasteiger partial charge in [-0.2, -0.15) is 0 Å². The first kappa shape index (κ1) is 6.24. The molecule has 1 atom stereocenters. The smallest absolute Gasteiger partial charge is 0.156 e. The molecular formula is C6H6N2S2. The van der Waals surface area contributed by atoms with Crippen molar-refractivity contribution in [3.63, 3.8) is 0 Å². The molecule has 0 aromatic rings. The zero-order valence-electron chi connectivity index (χ0n) is 5.15. The molecule has 0 radical (unpaired) electrons. The molecule has 2 heterocycles. The number of thioether (sulfide) groups is 1. The molecule has 52 valence electrons. The fourth-order valence-electron chi connectivity index (χ4n) is 0.888. The molecule has 1 unspecified atom stereocenters. The summed E-state index contributed by atoms with van der Waals surface area (Å²) < 4.78 is 0. The zero-order chi connectivity index (χ0) is 6.97. The first-order chi connectivity index (χ1) is 4.86. The summed E-state index contributed by atoms with van der Waals surface area (Å²) in [5, 5.41) is 5.20. The third-order valence-corrected chi connectivity index (χ3v) is 2.53. The molecule has 0 saturated heterocycles. The summed E-state index contributed by atoms with van der Waals surface area (Å²) in [5.74, 6) is 0. The van der Waals surface area contributed by atoms with Gasteiger partial charge < -0.3 is 10.2 Å². The fourth-order valence-corrected chi connectivity index (χ4v) is 1.97. The monoisotopic (exact) mass is 170 g/mol. The first-order valence-corrected chi connectivity index (χ1v) is 4.30. The Morgan fingerprint density at radius 2 is 2.50 bits per heavy atom. The molecule has 2 aliphatic heterocycles. The minimum absolute atomic E-state index is 0.303. The lowest BCUT2D eigenvalue weighted by Crippen LogP contribution is -2.40. The molecule has 2 nitrogen and oxygen atoms in total. The number of fused-ring (bicyclic) bond motifs is 1. The van der Waals surface area contributed by atoms with Crippen LogP contribution in [0.15, 0.2) is 23.9 Å². The van der Waals surface area contributed by atoms with Crippen LogP contribution in [0.3, 0.4) is 0 Å². The molecular weight excluding hydrogens is 164 g/mol. The molecule has 0 saturated carbocycles. The Morgan fingerprint density at radius 1 is 1.60 bits per heavy atom. The van der Waals surface area contributed by atoms with Crippen LogP contribution in [-0.4, -0.2) is 15.4 Å². The van der Waals surface area contributed by atoms with Crippen molar-refractivity contribution < 1.29 is 0 Å². The molecule has 2 rings (SSSR count). The Bertz CT molecular complexity index is 222. The maximum absolute atomic E-state index is 4.96. The van der Waals surface area contributed by atoms with E-state index in [0.717, 1.165) is 4.99 Å². The number of nitrogens with zero attached hydrogens (tertiary/aromatic N) is 1. The van der Waals surface area contributed by atoms with Gasteiger partial charge in [0.15, 0.2) is 5.50 Å². The van der Waals surface area contributed by atoms with E-state index in [2.05, 4.69) is 15.6 Å². The topological polar surface area (TPSA) is 15.3 Å². The SMILES string of the molecule is S=C1C=CN2C=CSC2N1. The molecule has 10 heavy (non-hydrogen) atoms. The van der Waals surface area contributed by atoms with Gasteiger partial charge in [-0.1, -0.05) is 24.0 Å². The highest BCUT2D eigenvalue weighted by Gasteiger charge is 2.20. The van der Waals surface area contributed by atoms with Gasteiger partial charge in [0.05, 0.1) is 0 Å². The van der Waals surface area contributed by atoms with Gasteiger partial charge >= 0.3 is 0 Å². The van der Waals surface area contributed by atoms with Crippen LogP contribution in [0.4, 0.5) is 0 Å². The Balaban J connectivity index is 2.21. The number of nitrogens with one attached hydrogen (secondary N) is 1. The Hall–Kier alpha value is -0.480.